The van der Waals surface area contributed by atoms with Crippen molar-refractivity contribution in [1.29, 1.82) is 0 Å². The third-order valence-electron chi connectivity index (χ3n) is 12.7. The number of nitrogens with zero attached hydrogens (tertiary/aromatic N) is 1. The predicted octanol–water partition coefficient (Wildman–Crippen LogP) is 13.6. The zero-order valence-corrected chi connectivity index (χ0v) is 31.6. The van der Waals surface area contributed by atoms with E-state index in [2.05, 4.69) is 151 Å². The molecule has 5 atom stereocenters. The quantitative estimate of drug-likeness (QED) is 0.264. The van der Waals surface area contributed by atoms with Crippen molar-refractivity contribution >= 4 is 34.8 Å². The summed E-state index contributed by atoms with van der Waals surface area (Å²) < 4.78 is 0. The first-order chi connectivity index (χ1) is 26.3. The monoisotopic (exact) mass is 721 g/mol. The molecule has 3 heteroatoms. The molecule has 3 heterocycles. The lowest BCUT2D eigenvalue weighted by molar-refractivity contribution is 0.525. The molecule has 0 N–H and O–H groups in total. The van der Waals surface area contributed by atoms with Crippen LogP contribution in [0.3, 0.4) is 0 Å². The molecule has 5 aliphatic carbocycles. The minimum Gasteiger partial charge on any atom is -0.333 e. The van der Waals surface area contributed by atoms with Crippen LogP contribution in [0.15, 0.2) is 188 Å². The Morgan fingerprint density at radius 1 is 0.660 bits per heavy atom. The summed E-state index contributed by atoms with van der Waals surface area (Å²) >= 11 is 4.06. The Hall–Kier alpha value is -4.44. The Labute approximate surface area is 322 Å². The van der Waals surface area contributed by atoms with Crippen LogP contribution in [0.1, 0.15) is 85.0 Å². The number of fused-ring (bicyclic) bond motifs is 5. The molecule has 1 nitrogen and oxygen atoms in total. The van der Waals surface area contributed by atoms with E-state index in [1.165, 1.54) is 53.9 Å². The van der Waals surface area contributed by atoms with Crippen molar-refractivity contribution in [2.24, 2.45) is 5.92 Å². The molecule has 260 valence electrons. The highest BCUT2D eigenvalue weighted by Crippen LogP contribution is 2.63. The summed E-state index contributed by atoms with van der Waals surface area (Å²) in [5.74, 6) is 1.17. The molecule has 11 rings (SSSR count). The number of benzene rings is 3. The SMILES string of the molecule is C1=CCCC(c2ccc3c(c2)SC2=C(C(C4=CC=CC5c6ccccc6N(C6=CCCC=C6)C45)CC=C2)C3C2C3=C(CCC=C3)Sc3ccccc32)=C1. The Morgan fingerprint density at radius 3 is 2.43 bits per heavy atom. The maximum absolute atomic E-state index is 2.71. The number of rotatable bonds is 4. The highest BCUT2D eigenvalue weighted by atomic mass is 32.2. The van der Waals surface area contributed by atoms with E-state index < -0.39 is 0 Å². The van der Waals surface area contributed by atoms with Gasteiger partial charge in [0.25, 0.3) is 0 Å². The van der Waals surface area contributed by atoms with E-state index in [0.29, 0.717) is 11.8 Å². The summed E-state index contributed by atoms with van der Waals surface area (Å²) in [7, 11) is 0. The maximum Gasteiger partial charge on any atom is 0.0664 e. The van der Waals surface area contributed by atoms with Gasteiger partial charge in [-0.15, -0.1) is 0 Å². The van der Waals surface area contributed by atoms with Crippen LogP contribution in [0.4, 0.5) is 5.69 Å². The van der Waals surface area contributed by atoms with Crippen LogP contribution in [0, 0.1) is 5.92 Å². The van der Waals surface area contributed by atoms with Gasteiger partial charge in [0.15, 0.2) is 0 Å². The van der Waals surface area contributed by atoms with Gasteiger partial charge in [0, 0.05) is 49.8 Å². The van der Waals surface area contributed by atoms with Gasteiger partial charge in [0.05, 0.1) is 6.04 Å². The molecular weight excluding hydrogens is 679 g/mol. The van der Waals surface area contributed by atoms with Gasteiger partial charge in [-0.05, 0) is 119 Å². The van der Waals surface area contributed by atoms with Gasteiger partial charge < -0.3 is 4.90 Å². The van der Waals surface area contributed by atoms with Gasteiger partial charge in [-0.25, -0.2) is 0 Å². The van der Waals surface area contributed by atoms with Crippen LogP contribution >= 0.6 is 23.5 Å². The minimum absolute atomic E-state index is 0.247. The summed E-state index contributed by atoms with van der Waals surface area (Å²) in [4.78, 5) is 8.63. The maximum atomic E-state index is 2.71. The number of thioether (sulfide) groups is 2. The van der Waals surface area contributed by atoms with E-state index in [-0.39, 0.29) is 17.9 Å². The van der Waals surface area contributed by atoms with Crippen LogP contribution in [-0.4, -0.2) is 6.04 Å². The fraction of sp³-hybridized carbons (Fsp3) is 0.240. The predicted molar refractivity (Wildman–Crippen MR) is 225 cm³/mol. The lowest BCUT2D eigenvalue weighted by atomic mass is 9.64. The molecule has 0 amide bonds. The van der Waals surface area contributed by atoms with Crippen molar-refractivity contribution in [2.45, 2.75) is 78.5 Å². The van der Waals surface area contributed by atoms with Crippen molar-refractivity contribution in [1.82, 2.24) is 0 Å². The van der Waals surface area contributed by atoms with Gasteiger partial charge >= 0.3 is 0 Å². The second kappa shape index (κ2) is 13.1. The summed E-state index contributed by atoms with van der Waals surface area (Å²) in [5, 5.41) is 0. The van der Waals surface area contributed by atoms with Gasteiger partial charge in [0.1, 0.15) is 0 Å². The largest absolute Gasteiger partial charge is 0.333 e. The standard InChI is InChI=1S/C50H43NS2/c1-3-15-32(16-4-1)33-29-30-41-46(31-33)53-45-28-14-22-36(48(45)49(41)47-39-20-8-11-26-43(39)52-44-27-12-9-21-40(44)47)38-24-13-23-37-35-19-7-10-25-42(35)51(50(37)38)34-17-5-2-6-18-34/h1,3,5,7-11,13-15,17-21,23-26,28-31,36-37,47,49-50H,2,4,6,12,16,22,27H2. The average Bonchev–Trinajstić information content (AvgIpc) is 3.57. The normalized spacial score (nSPS) is 27.7. The van der Waals surface area contributed by atoms with Crippen molar-refractivity contribution in [2.75, 3.05) is 4.90 Å². The molecule has 0 saturated carbocycles. The highest BCUT2D eigenvalue weighted by molar-refractivity contribution is 8.03. The molecule has 0 bridgehead atoms. The smallest absolute Gasteiger partial charge is 0.0664 e. The Kier molecular flexibility index (Phi) is 7.94. The third kappa shape index (κ3) is 5.22. The number of allylic oxidation sites excluding steroid dienone is 16. The molecule has 0 aromatic heterocycles. The summed E-state index contributed by atoms with van der Waals surface area (Å²) in [5.41, 5.74) is 14.8. The van der Waals surface area contributed by atoms with Crippen molar-refractivity contribution < 1.29 is 0 Å². The fourth-order valence-electron chi connectivity index (χ4n) is 10.4. The molecule has 8 aliphatic rings. The van der Waals surface area contributed by atoms with E-state index in [4.69, 9.17) is 0 Å². The minimum atomic E-state index is 0.247. The number of hydrogen-bond acceptors (Lipinski definition) is 3. The van der Waals surface area contributed by atoms with Crippen LogP contribution in [0.2, 0.25) is 0 Å². The van der Waals surface area contributed by atoms with Crippen molar-refractivity contribution in [3.8, 4) is 0 Å². The molecule has 0 radical (unpaired) electrons. The van der Waals surface area contributed by atoms with E-state index in [1.807, 2.05) is 23.5 Å². The summed E-state index contributed by atoms with van der Waals surface area (Å²) in [6, 6.07) is 26.3. The van der Waals surface area contributed by atoms with Gasteiger partial charge in [-0.3, -0.25) is 0 Å². The molecule has 3 aromatic carbocycles. The summed E-state index contributed by atoms with van der Waals surface area (Å²) in [6.45, 7) is 0. The first kappa shape index (κ1) is 32.0. The molecule has 5 unspecified atom stereocenters. The van der Waals surface area contributed by atoms with E-state index in [9.17, 15) is 0 Å². The Bertz CT molecular complexity index is 2370. The van der Waals surface area contributed by atoms with Crippen LogP contribution < -0.4 is 4.90 Å². The van der Waals surface area contributed by atoms with Gasteiger partial charge in [-0.1, -0.05) is 145 Å². The molecule has 3 aromatic rings. The third-order valence-corrected chi connectivity index (χ3v) is 15.1. The van der Waals surface area contributed by atoms with Crippen molar-refractivity contribution in [3.05, 3.63) is 200 Å². The van der Waals surface area contributed by atoms with Crippen LogP contribution in [-0.2, 0) is 0 Å². The highest BCUT2D eigenvalue weighted by Gasteiger charge is 2.48. The molecule has 0 saturated heterocycles. The molecule has 0 spiro atoms. The van der Waals surface area contributed by atoms with E-state index in [0.717, 1.165) is 44.9 Å². The molecule has 0 fully saturated rings. The number of anilines is 1. The lowest BCUT2D eigenvalue weighted by Crippen LogP contribution is -2.39. The van der Waals surface area contributed by atoms with E-state index in [1.54, 1.807) is 21.6 Å². The first-order valence-electron chi connectivity index (χ1n) is 19.7. The van der Waals surface area contributed by atoms with Crippen LogP contribution in [0.25, 0.3) is 5.57 Å². The Balaban J connectivity index is 1.10. The lowest BCUT2D eigenvalue weighted by Gasteiger charge is -2.46. The second-order valence-corrected chi connectivity index (χ2v) is 17.7. The molecular formula is C50H43NS2. The topological polar surface area (TPSA) is 3.24 Å². The zero-order chi connectivity index (χ0) is 34.9. The van der Waals surface area contributed by atoms with Crippen LogP contribution in [0.5, 0.6) is 0 Å². The molecule has 53 heavy (non-hydrogen) atoms. The number of para-hydroxylation sites is 1. The first-order valence-corrected chi connectivity index (χ1v) is 21.3. The number of hydrogen-bond donors (Lipinski definition) is 0. The average molecular weight is 722 g/mol. The Morgan fingerprint density at radius 2 is 1.53 bits per heavy atom. The van der Waals surface area contributed by atoms with E-state index >= 15 is 0 Å². The van der Waals surface area contributed by atoms with Gasteiger partial charge in [0.2, 0.25) is 0 Å². The fourth-order valence-corrected chi connectivity index (χ4v) is 13.0. The second-order valence-electron chi connectivity index (χ2n) is 15.5. The van der Waals surface area contributed by atoms with Gasteiger partial charge in [-0.2, -0.15) is 0 Å². The summed E-state index contributed by atoms with van der Waals surface area (Å²) in [6.07, 6.45) is 39.2. The van der Waals surface area contributed by atoms with Crippen molar-refractivity contribution in [3.63, 3.8) is 0 Å². The molecule has 3 aliphatic heterocycles. The zero-order valence-electron chi connectivity index (χ0n) is 30.0.